The Morgan fingerprint density at radius 3 is 2.59 bits per heavy atom. The van der Waals surface area contributed by atoms with Gasteiger partial charge in [-0.05, 0) is 17.2 Å². The molecule has 1 aliphatic heterocycles. The second-order valence-electron chi connectivity index (χ2n) is 6.67. The quantitative estimate of drug-likeness (QED) is 0.809. The zero-order valence-corrected chi connectivity index (χ0v) is 15.7. The molecule has 2 unspecified atom stereocenters. The van der Waals surface area contributed by atoms with Crippen molar-refractivity contribution in [2.45, 2.75) is 31.3 Å². The number of likely N-dealkylation sites (tertiary alicyclic amines) is 1. The van der Waals surface area contributed by atoms with E-state index < -0.39 is 22.0 Å². The van der Waals surface area contributed by atoms with Crippen LogP contribution >= 0.6 is 0 Å². The standard InChI is InChI=1S/C19H21N3O4S/c1-27(25,26)21-18(23)11-17-16(15-7-3-2-4-8-15)10-19(24)22(17)13-14-6-5-9-20-12-14/h2-9,12,16-17H,10-11,13H2,1H3,(H,21,23). The number of aromatic nitrogens is 1. The molecule has 1 saturated heterocycles. The molecule has 0 radical (unpaired) electrons. The minimum absolute atomic E-state index is 0.0649. The molecule has 1 N–H and O–H groups in total. The number of pyridine rings is 1. The maximum atomic E-state index is 12.7. The van der Waals surface area contributed by atoms with Crippen molar-refractivity contribution in [3.63, 3.8) is 0 Å². The molecule has 2 amide bonds. The molecule has 27 heavy (non-hydrogen) atoms. The molecule has 2 atom stereocenters. The number of carbonyl (C=O) groups is 2. The number of nitrogens with one attached hydrogen (secondary N) is 1. The summed E-state index contributed by atoms with van der Waals surface area (Å²) in [4.78, 5) is 30.7. The van der Waals surface area contributed by atoms with Crippen LogP contribution in [0.1, 0.15) is 29.9 Å². The molecule has 142 valence electrons. The number of nitrogens with zero attached hydrogens (tertiary/aromatic N) is 2. The average Bonchev–Trinajstić information content (AvgIpc) is 2.91. The summed E-state index contributed by atoms with van der Waals surface area (Å²) >= 11 is 0. The summed E-state index contributed by atoms with van der Waals surface area (Å²) in [6.45, 7) is 0.326. The fraction of sp³-hybridized carbons (Fsp3) is 0.316. The van der Waals surface area contributed by atoms with Crippen molar-refractivity contribution in [2.75, 3.05) is 6.26 Å². The molecule has 7 nitrogen and oxygen atoms in total. The first kappa shape index (κ1) is 19.0. The lowest BCUT2D eigenvalue weighted by molar-refractivity contribution is -0.130. The number of carbonyl (C=O) groups excluding carboxylic acids is 2. The van der Waals surface area contributed by atoms with Crippen molar-refractivity contribution in [1.29, 1.82) is 0 Å². The second-order valence-corrected chi connectivity index (χ2v) is 8.42. The Labute approximate surface area is 158 Å². The molecule has 2 aromatic rings. The van der Waals surface area contributed by atoms with Crippen molar-refractivity contribution in [2.24, 2.45) is 0 Å². The molecular formula is C19H21N3O4S. The summed E-state index contributed by atoms with van der Waals surface area (Å²) in [5.74, 6) is -0.861. The summed E-state index contributed by atoms with van der Waals surface area (Å²) < 4.78 is 24.8. The van der Waals surface area contributed by atoms with Gasteiger partial charge in [0.25, 0.3) is 0 Å². The van der Waals surface area contributed by atoms with Gasteiger partial charge in [0.05, 0.1) is 6.26 Å². The van der Waals surface area contributed by atoms with E-state index in [-0.39, 0.29) is 24.7 Å². The molecule has 0 saturated carbocycles. The van der Waals surface area contributed by atoms with Crippen LogP contribution in [0.4, 0.5) is 0 Å². The molecule has 0 aliphatic carbocycles. The van der Waals surface area contributed by atoms with E-state index in [1.165, 1.54) is 0 Å². The average molecular weight is 387 g/mol. The maximum absolute atomic E-state index is 12.7. The number of benzene rings is 1. The summed E-state index contributed by atoms with van der Waals surface area (Å²) in [5.41, 5.74) is 1.81. The summed E-state index contributed by atoms with van der Waals surface area (Å²) in [6, 6.07) is 12.7. The van der Waals surface area contributed by atoms with Crippen molar-refractivity contribution in [3.05, 3.63) is 66.0 Å². The van der Waals surface area contributed by atoms with E-state index in [0.717, 1.165) is 17.4 Å². The molecule has 1 fully saturated rings. The Hall–Kier alpha value is -2.74. The van der Waals surface area contributed by atoms with E-state index in [0.29, 0.717) is 6.54 Å². The van der Waals surface area contributed by atoms with Crippen molar-refractivity contribution >= 4 is 21.8 Å². The third-order valence-corrected chi connectivity index (χ3v) is 5.18. The Kier molecular flexibility index (Phi) is 5.55. The van der Waals surface area contributed by atoms with Crippen molar-refractivity contribution in [1.82, 2.24) is 14.6 Å². The molecule has 1 aromatic heterocycles. The third kappa shape index (κ3) is 4.91. The van der Waals surface area contributed by atoms with Crippen molar-refractivity contribution in [3.8, 4) is 0 Å². The van der Waals surface area contributed by atoms with Gasteiger partial charge in [0, 0.05) is 43.7 Å². The van der Waals surface area contributed by atoms with Gasteiger partial charge in [-0.25, -0.2) is 8.42 Å². The second kappa shape index (κ2) is 7.87. The van der Waals surface area contributed by atoms with Crippen LogP contribution in [0.5, 0.6) is 0 Å². The van der Waals surface area contributed by atoms with Gasteiger partial charge in [0.1, 0.15) is 0 Å². The highest BCUT2D eigenvalue weighted by Gasteiger charge is 2.41. The minimum Gasteiger partial charge on any atom is -0.334 e. The number of hydrogen-bond acceptors (Lipinski definition) is 5. The highest BCUT2D eigenvalue weighted by Crippen LogP contribution is 2.37. The van der Waals surface area contributed by atoms with E-state index in [2.05, 4.69) is 4.98 Å². The Morgan fingerprint density at radius 1 is 1.22 bits per heavy atom. The van der Waals surface area contributed by atoms with E-state index >= 15 is 0 Å². The molecule has 8 heteroatoms. The van der Waals surface area contributed by atoms with Gasteiger partial charge in [0.2, 0.25) is 21.8 Å². The predicted molar refractivity (Wildman–Crippen MR) is 100.0 cm³/mol. The fourth-order valence-corrected chi connectivity index (χ4v) is 3.97. The van der Waals surface area contributed by atoms with Crippen LogP contribution in [0.15, 0.2) is 54.9 Å². The van der Waals surface area contributed by atoms with Gasteiger partial charge in [-0.2, -0.15) is 0 Å². The Morgan fingerprint density at radius 2 is 1.96 bits per heavy atom. The van der Waals surface area contributed by atoms with Gasteiger partial charge in [-0.15, -0.1) is 0 Å². The van der Waals surface area contributed by atoms with E-state index in [9.17, 15) is 18.0 Å². The highest BCUT2D eigenvalue weighted by molar-refractivity contribution is 7.89. The van der Waals surface area contributed by atoms with Crippen LogP contribution in [0.25, 0.3) is 0 Å². The Balaban J connectivity index is 1.88. The number of amides is 2. The zero-order chi connectivity index (χ0) is 19.4. The maximum Gasteiger partial charge on any atom is 0.235 e. The summed E-state index contributed by atoms with van der Waals surface area (Å²) in [6.07, 6.45) is 4.46. The van der Waals surface area contributed by atoms with Crippen LogP contribution in [-0.2, 0) is 26.2 Å². The lowest BCUT2D eigenvalue weighted by Gasteiger charge is -2.28. The normalized spacial score (nSPS) is 19.9. The largest absolute Gasteiger partial charge is 0.334 e. The summed E-state index contributed by atoms with van der Waals surface area (Å²) in [7, 11) is -3.65. The van der Waals surface area contributed by atoms with E-state index in [1.54, 1.807) is 23.4 Å². The molecule has 1 aliphatic rings. The molecule has 1 aromatic carbocycles. The van der Waals surface area contributed by atoms with Gasteiger partial charge in [-0.3, -0.25) is 19.3 Å². The lowest BCUT2D eigenvalue weighted by atomic mass is 9.89. The SMILES string of the molecule is CS(=O)(=O)NC(=O)CC1C(c2ccccc2)CC(=O)N1Cc1cccnc1. The predicted octanol–water partition coefficient (Wildman–Crippen LogP) is 1.43. The first-order valence-corrected chi connectivity index (χ1v) is 10.5. The van der Waals surface area contributed by atoms with Crippen LogP contribution in [0.2, 0.25) is 0 Å². The lowest BCUT2D eigenvalue weighted by Crippen LogP contribution is -2.40. The van der Waals surface area contributed by atoms with Crippen LogP contribution in [0, 0.1) is 0 Å². The molecule has 0 spiro atoms. The number of hydrogen-bond donors (Lipinski definition) is 1. The van der Waals surface area contributed by atoms with Crippen LogP contribution in [-0.4, -0.2) is 42.4 Å². The molecular weight excluding hydrogens is 366 g/mol. The van der Waals surface area contributed by atoms with Gasteiger partial charge < -0.3 is 4.90 Å². The minimum atomic E-state index is -3.65. The van der Waals surface area contributed by atoms with Crippen LogP contribution < -0.4 is 4.72 Å². The molecule has 3 rings (SSSR count). The van der Waals surface area contributed by atoms with Gasteiger partial charge >= 0.3 is 0 Å². The monoisotopic (exact) mass is 387 g/mol. The fourth-order valence-electron chi connectivity index (χ4n) is 3.47. The third-order valence-electron chi connectivity index (χ3n) is 4.58. The first-order chi connectivity index (χ1) is 12.8. The summed E-state index contributed by atoms with van der Waals surface area (Å²) in [5, 5.41) is 0. The molecule has 0 bridgehead atoms. The van der Waals surface area contributed by atoms with E-state index in [4.69, 9.17) is 0 Å². The van der Waals surface area contributed by atoms with Gasteiger partial charge in [0.15, 0.2) is 0 Å². The van der Waals surface area contributed by atoms with Crippen molar-refractivity contribution < 1.29 is 18.0 Å². The topological polar surface area (TPSA) is 96.4 Å². The number of rotatable bonds is 6. The first-order valence-electron chi connectivity index (χ1n) is 8.57. The van der Waals surface area contributed by atoms with E-state index in [1.807, 2.05) is 41.1 Å². The smallest absolute Gasteiger partial charge is 0.235 e. The van der Waals surface area contributed by atoms with Gasteiger partial charge in [-0.1, -0.05) is 36.4 Å². The van der Waals surface area contributed by atoms with Crippen LogP contribution in [0.3, 0.4) is 0 Å². The number of sulfonamides is 1. The zero-order valence-electron chi connectivity index (χ0n) is 14.9. The molecule has 2 heterocycles. The highest BCUT2D eigenvalue weighted by atomic mass is 32.2. The Bertz CT molecular complexity index is 916.